The molecule has 0 unspecified atom stereocenters. The van der Waals surface area contributed by atoms with Crippen molar-refractivity contribution in [2.75, 3.05) is 0 Å². The smallest absolute Gasteiger partial charge is 0.310 e. The van der Waals surface area contributed by atoms with Crippen LogP contribution in [0, 0.1) is 23.2 Å². The fourth-order valence-electron chi connectivity index (χ4n) is 3.82. The number of hydrogen-bond acceptors (Lipinski definition) is 2. The quantitative estimate of drug-likeness (QED) is 0.673. The summed E-state index contributed by atoms with van der Waals surface area (Å²) >= 11 is 0. The summed E-state index contributed by atoms with van der Waals surface area (Å²) in [6.45, 7) is 9.26. The molecule has 0 radical (unpaired) electrons. The maximum Gasteiger partial charge on any atom is 0.310 e. The Hall–Kier alpha value is -0.790. The van der Waals surface area contributed by atoms with Crippen LogP contribution in [0.2, 0.25) is 0 Å². The van der Waals surface area contributed by atoms with Gasteiger partial charge in [0.1, 0.15) is 5.76 Å². The molecule has 1 aliphatic heterocycles. The first-order valence-electron chi connectivity index (χ1n) is 7.85. The molecule has 1 heterocycles. The van der Waals surface area contributed by atoms with Crippen LogP contribution in [0.3, 0.4) is 0 Å². The Morgan fingerprint density at radius 1 is 1.37 bits per heavy atom. The summed E-state index contributed by atoms with van der Waals surface area (Å²) in [5, 5.41) is 0. The molecule has 0 bridgehead atoms. The summed E-state index contributed by atoms with van der Waals surface area (Å²) in [7, 11) is 0. The van der Waals surface area contributed by atoms with E-state index >= 15 is 0 Å². The summed E-state index contributed by atoms with van der Waals surface area (Å²) in [6, 6.07) is 0. The highest BCUT2D eigenvalue weighted by molar-refractivity contribution is 5.72. The van der Waals surface area contributed by atoms with Gasteiger partial charge in [0, 0.05) is 11.8 Å². The zero-order valence-corrected chi connectivity index (χ0v) is 12.9. The second kappa shape index (κ2) is 5.68. The number of ether oxygens (including phenoxy) is 1. The molecule has 0 amide bonds. The van der Waals surface area contributed by atoms with Gasteiger partial charge in [0.15, 0.2) is 0 Å². The predicted molar refractivity (Wildman–Crippen MR) is 77.5 cm³/mol. The van der Waals surface area contributed by atoms with Crippen molar-refractivity contribution < 1.29 is 9.53 Å². The molecule has 2 rings (SSSR count). The highest BCUT2D eigenvalue weighted by Crippen LogP contribution is 2.53. The van der Waals surface area contributed by atoms with Crippen molar-refractivity contribution in [3.8, 4) is 0 Å². The minimum atomic E-state index is -0.0446. The van der Waals surface area contributed by atoms with Crippen LogP contribution in [0.15, 0.2) is 11.8 Å². The zero-order chi connectivity index (χ0) is 14.0. The average Bonchev–Trinajstić information content (AvgIpc) is 2.66. The SMILES string of the molecule is CC(C)CCC[C@@H](C)[C@H]1CC=C2OC(=O)CC[C@@]21C. The predicted octanol–water partition coefficient (Wildman–Crippen LogP) is 4.70. The number of carbonyl (C=O) groups excluding carboxylic acids is 1. The molecular formula is C17H28O2. The van der Waals surface area contributed by atoms with E-state index in [9.17, 15) is 4.79 Å². The van der Waals surface area contributed by atoms with Crippen LogP contribution in [0.25, 0.3) is 0 Å². The van der Waals surface area contributed by atoms with E-state index in [0.29, 0.717) is 18.3 Å². The Kier molecular flexibility index (Phi) is 4.37. The lowest BCUT2D eigenvalue weighted by atomic mass is 9.68. The lowest BCUT2D eigenvalue weighted by molar-refractivity contribution is -0.146. The van der Waals surface area contributed by atoms with Gasteiger partial charge in [0.25, 0.3) is 0 Å². The Morgan fingerprint density at radius 3 is 2.79 bits per heavy atom. The van der Waals surface area contributed by atoms with Gasteiger partial charge in [0.2, 0.25) is 0 Å². The molecule has 1 aliphatic carbocycles. The van der Waals surface area contributed by atoms with E-state index in [1.807, 2.05) is 0 Å². The van der Waals surface area contributed by atoms with E-state index in [-0.39, 0.29) is 11.4 Å². The molecule has 0 aromatic rings. The normalized spacial score (nSPS) is 31.9. The number of allylic oxidation sites excluding steroid dienone is 2. The first kappa shape index (κ1) is 14.6. The summed E-state index contributed by atoms with van der Waals surface area (Å²) in [5.74, 6) is 3.09. The lowest BCUT2D eigenvalue weighted by Gasteiger charge is -2.39. The van der Waals surface area contributed by atoms with Gasteiger partial charge in [-0.15, -0.1) is 0 Å². The third-order valence-electron chi connectivity index (χ3n) is 5.14. The number of fused-ring (bicyclic) bond motifs is 1. The van der Waals surface area contributed by atoms with E-state index in [1.165, 1.54) is 19.3 Å². The molecule has 0 aromatic heterocycles. The molecule has 2 aliphatic rings. The number of rotatable bonds is 5. The highest BCUT2D eigenvalue weighted by atomic mass is 16.5. The third-order valence-corrected chi connectivity index (χ3v) is 5.14. The van der Waals surface area contributed by atoms with E-state index in [4.69, 9.17) is 4.74 Å². The van der Waals surface area contributed by atoms with Crippen molar-refractivity contribution in [2.45, 2.75) is 66.2 Å². The molecule has 2 nitrogen and oxygen atoms in total. The topological polar surface area (TPSA) is 26.3 Å². The molecule has 0 aromatic carbocycles. The van der Waals surface area contributed by atoms with Gasteiger partial charge in [0.05, 0.1) is 0 Å². The van der Waals surface area contributed by atoms with E-state index < -0.39 is 0 Å². The van der Waals surface area contributed by atoms with Crippen LogP contribution in [-0.2, 0) is 9.53 Å². The summed E-state index contributed by atoms with van der Waals surface area (Å²) in [5.41, 5.74) is 0.116. The Balaban J connectivity index is 1.93. The first-order chi connectivity index (χ1) is 8.93. The molecule has 0 spiro atoms. The molecule has 108 valence electrons. The second-order valence-electron chi connectivity index (χ2n) is 7.10. The zero-order valence-electron chi connectivity index (χ0n) is 12.9. The molecule has 3 atom stereocenters. The lowest BCUT2D eigenvalue weighted by Crippen LogP contribution is -2.35. The van der Waals surface area contributed by atoms with Gasteiger partial charge in [-0.2, -0.15) is 0 Å². The van der Waals surface area contributed by atoms with E-state index in [2.05, 4.69) is 33.8 Å². The third kappa shape index (κ3) is 3.04. The van der Waals surface area contributed by atoms with Crippen LogP contribution in [0.5, 0.6) is 0 Å². The molecule has 19 heavy (non-hydrogen) atoms. The summed E-state index contributed by atoms with van der Waals surface area (Å²) in [6.07, 6.45) is 8.75. The number of esters is 1. The fraction of sp³-hybridized carbons (Fsp3) is 0.824. The second-order valence-corrected chi connectivity index (χ2v) is 7.10. The van der Waals surface area contributed by atoms with Crippen molar-refractivity contribution in [1.29, 1.82) is 0 Å². The molecule has 2 heteroatoms. The largest absolute Gasteiger partial charge is 0.431 e. The van der Waals surface area contributed by atoms with Crippen LogP contribution in [-0.4, -0.2) is 5.97 Å². The van der Waals surface area contributed by atoms with Crippen molar-refractivity contribution in [3.05, 3.63) is 11.8 Å². The number of hydrogen-bond donors (Lipinski definition) is 0. The van der Waals surface area contributed by atoms with E-state index in [1.54, 1.807) is 0 Å². The average molecular weight is 264 g/mol. The van der Waals surface area contributed by atoms with Crippen molar-refractivity contribution in [3.63, 3.8) is 0 Å². The van der Waals surface area contributed by atoms with E-state index in [0.717, 1.165) is 24.5 Å². The van der Waals surface area contributed by atoms with Crippen LogP contribution < -0.4 is 0 Å². The molecular weight excluding hydrogens is 236 g/mol. The minimum Gasteiger partial charge on any atom is -0.431 e. The van der Waals surface area contributed by atoms with Crippen LogP contribution in [0.4, 0.5) is 0 Å². The first-order valence-corrected chi connectivity index (χ1v) is 7.85. The monoisotopic (exact) mass is 264 g/mol. The van der Waals surface area contributed by atoms with Gasteiger partial charge in [-0.1, -0.05) is 47.0 Å². The summed E-state index contributed by atoms with van der Waals surface area (Å²) in [4.78, 5) is 11.4. The van der Waals surface area contributed by atoms with Crippen molar-refractivity contribution in [2.24, 2.45) is 23.2 Å². The van der Waals surface area contributed by atoms with Crippen LogP contribution >= 0.6 is 0 Å². The minimum absolute atomic E-state index is 0.0446. The fourth-order valence-corrected chi connectivity index (χ4v) is 3.82. The standard InChI is InChI=1S/C17H28O2/c1-12(2)6-5-7-13(3)14-8-9-15-17(14,4)11-10-16(18)19-15/h9,12-14H,5-8,10-11H2,1-4H3/t13-,14-,17-/m1/s1. The Labute approximate surface area is 117 Å². The highest BCUT2D eigenvalue weighted by Gasteiger charge is 2.48. The Bertz CT molecular complexity index is 369. The van der Waals surface area contributed by atoms with Gasteiger partial charge >= 0.3 is 5.97 Å². The van der Waals surface area contributed by atoms with Gasteiger partial charge in [-0.3, -0.25) is 4.79 Å². The van der Waals surface area contributed by atoms with Gasteiger partial charge < -0.3 is 4.74 Å². The maximum absolute atomic E-state index is 11.4. The van der Waals surface area contributed by atoms with Crippen LogP contribution in [0.1, 0.15) is 66.2 Å². The van der Waals surface area contributed by atoms with Gasteiger partial charge in [-0.05, 0) is 36.7 Å². The summed E-state index contributed by atoms with van der Waals surface area (Å²) < 4.78 is 5.46. The molecule has 0 N–H and O–H groups in total. The molecule has 1 fully saturated rings. The molecule has 1 saturated heterocycles. The maximum atomic E-state index is 11.4. The van der Waals surface area contributed by atoms with Gasteiger partial charge in [-0.25, -0.2) is 0 Å². The number of carbonyl (C=O) groups is 1. The molecule has 0 saturated carbocycles. The Morgan fingerprint density at radius 2 is 2.11 bits per heavy atom. The van der Waals surface area contributed by atoms with Crippen molar-refractivity contribution in [1.82, 2.24) is 0 Å². The van der Waals surface area contributed by atoms with Crippen molar-refractivity contribution >= 4 is 5.97 Å².